The highest BCUT2D eigenvalue weighted by Crippen LogP contribution is 2.20. The van der Waals surface area contributed by atoms with Crippen molar-refractivity contribution in [3.8, 4) is 11.4 Å². The molecular formula is C17H20N4OS. The van der Waals surface area contributed by atoms with Crippen LogP contribution < -0.4 is 0 Å². The van der Waals surface area contributed by atoms with Crippen molar-refractivity contribution in [2.45, 2.75) is 24.9 Å². The summed E-state index contributed by atoms with van der Waals surface area (Å²) >= 11 is 1.39. The number of amides is 1. The minimum atomic E-state index is 0.175. The van der Waals surface area contributed by atoms with Crippen LogP contribution in [0.2, 0.25) is 0 Å². The topological polar surface area (TPSA) is 59.0 Å². The van der Waals surface area contributed by atoms with E-state index in [-0.39, 0.29) is 5.91 Å². The van der Waals surface area contributed by atoms with Crippen molar-refractivity contribution in [1.82, 2.24) is 19.9 Å². The highest BCUT2D eigenvalue weighted by atomic mass is 32.2. The summed E-state index contributed by atoms with van der Waals surface area (Å²) in [5, 5.41) is 0.617. The molecule has 0 spiro atoms. The first-order valence-electron chi connectivity index (χ1n) is 7.87. The van der Waals surface area contributed by atoms with Gasteiger partial charge in [0.1, 0.15) is 0 Å². The number of carbonyl (C=O) groups is 1. The first-order valence-corrected chi connectivity index (χ1v) is 8.86. The molecule has 0 N–H and O–H groups in total. The van der Waals surface area contributed by atoms with E-state index >= 15 is 0 Å². The van der Waals surface area contributed by atoms with E-state index in [1.807, 2.05) is 29.2 Å². The van der Waals surface area contributed by atoms with E-state index in [1.165, 1.54) is 11.8 Å². The molecule has 2 aromatic heterocycles. The lowest BCUT2D eigenvalue weighted by Gasteiger charge is -2.30. The summed E-state index contributed by atoms with van der Waals surface area (Å²) in [6, 6.07) is 7.55. The molecule has 0 radical (unpaired) electrons. The fraction of sp³-hybridized carbons (Fsp3) is 0.412. The summed E-state index contributed by atoms with van der Waals surface area (Å²) in [4.78, 5) is 27.3. The van der Waals surface area contributed by atoms with Gasteiger partial charge in [-0.15, -0.1) is 0 Å². The van der Waals surface area contributed by atoms with Crippen LogP contribution in [0.3, 0.4) is 0 Å². The minimum Gasteiger partial charge on any atom is -0.342 e. The van der Waals surface area contributed by atoms with Crippen molar-refractivity contribution in [1.29, 1.82) is 0 Å². The molecule has 0 aliphatic carbocycles. The average Bonchev–Trinajstić information content (AvgIpc) is 2.61. The van der Waals surface area contributed by atoms with Crippen LogP contribution in [0.5, 0.6) is 0 Å². The summed E-state index contributed by atoms with van der Waals surface area (Å²) < 4.78 is 0. The minimum absolute atomic E-state index is 0.175. The number of pyridine rings is 1. The summed E-state index contributed by atoms with van der Waals surface area (Å²) in [5.41, 5.74) is 1.59. The molecule has 6 heteroatoms. The van der Waals surface area contributed by atoms with Crippen molar-refractivity contribution in [2.24, 2.45) is 5.92 Å². The van der Waals surface area contributed by atoms with Gasteiger partial charge < -0.3 is 4.90 Å². The predicted molar refractivity (Wildman–Crippen MR) is 91.0 cm³/mol. The monoisotopic (exact) mass is 328 g/mol. The molecule has 0 unspecified atom stereocenters. The van der Waals surface area contributed by atoms with Gasteiger partial charge in [0.05, 0.1) is 17.1 Å². The Hall–Kier alpha value is -1.95. The van der Waals surface area contributed by atoms with E-state index in [9.17, 15) is 4.79 Å². The molecule has 0 aromatic carbocycles. The van der Waals surface area contributed by atoms with E-state index in [0.717, 1.165) is 43.2 Å². The maximum absolute atomic E-state index is 12.3. The van der Waals surface area contributed by atoms with Crippen LogP contribution in [-0.2, 0) is 4.79 Å². The molecule has 0 atom stereocenters. The smallest absolute Gasteiger partial charge is 0.233 e. The second kappa shape index (κ2) is 7.55. The van der Waals surface area contributed by atoms with Crippen LogP contribution in [0, 0.1) is 5.92 Å². The fourth-order valence-corrected chi connectivity index (χ4v) is 3.28. The van der Waals surface area contributed by atoms with Gasteiger partial charge in [-0.3, -0.25) is 9.78 Å². The first-order chi connectivity index (χ1) is 11.2. The first kappa shape index (κ1) is 15.9. The Balaban J connectivity index is 1.59. The van der Waals surface area contributed by atoms with Gasteiger partial charge in [0.25, 0.3) is 0 Å². The second-order valence-electron chi connectivity index (χ2n) is 5.79. The third kappa shape index (κ3) is 4.28. The number of rotatable bonds is 4. The number of aromatic nitrogens is 3. The Kier molecular flexibility index (Phi) is 5.23. The summed E-state index contributed by atoms with van der Waals surface area (Å²) in [5.74, 6) is 1.29. The normalized spacial score (nSPS) is 15.6. The highest BCUT2D eigenvalue weighted by molar-refractivity contribution is 7.99. The molecule has 2 aromatic rings. The van der Waals surface area contributed by atoms with Gasteiger partial charge in [0, 0.05) is 25.5 Å². The summed E-state index contributed by atoms with van der Waals surface area (Å²) in [6.45, 7) is 3.98. The Morgan fingerprint density at radius 1 is 1.17 bits per heavy atom. The molecule has 1 aliphatic rings. The van der Waals surface area contributed by atoms with Crippen molar-refractivity contribution in [3.63, 3.8) is 0 Å². The zero-order valence-electron chi connectivity index (χ0n) is 13.2. The van der Waals surface area contributed by atoms with Gasteiger partial charge in [-0.1, -0.05) is 24.8 Å². The molecular weight excluding hydrogens is 308 g/mol. The van der Waals surface area contributed by atoms with E-state index in [1.54, 1.807) is 12.4 Å². The molecule has 3 rings (SSSR count). The van der Waals surface area contributed by atoms with Gasteiger partial charge in [0.2, 0.25) is 5.91 Å². The molecule has 3 heterocycles. The number of hydrogen-bond acceptors (Lipinski definition) is 5. The van der Waals surface area contributed by atoms with Crippen molar-refractivity contribution >= 4 is 17.7 Å². The Morgan fingerprint density at radius 2 is 2.00 bits per heavy atom. The molecule has 1 amide bonds. The predicted octanol–water partition coefficient (Wildman–Crippen LogP) is 2.89. The average molecular weight is 328 g/mol. The molecule has 1 saturated heterocycles. The third-order valence-electron chi connectivity index (χ3n) is 4.02. The summed E-state index contributed by atoms with van der Waals surface area (Å²) in [6.07, 6.45) is 5.65. The molecule has 0 bridgehead atoms. The SMILES string of the molecule is CC1CCN(C(=O)CSc2nccc(-c3ccccn3)n2)CC1. The van der Waals surface area contributed by atoms with Crippen LogP contribution >= 0.6 is 11.8 Å². The summed E-state index contributed by atoms with van der Waals surface area (Å²) in [7, 11) is 0. The number of nitrogens with zero attached hydrogens (tertiary/aromatic N) is 4. The van der Waals surface area contributed by atoms with E-state index in [2.05, 4.69) is 21.9 Å². The number of carbonyl (C=O) groups excluding carboxylic acids is 1. The van der Waals surface area contributed by atoms with Crippen LogP contribution in [-0.4, -0.2) is 44.6 Å². The van der Waals surface area contributed by atoms with Crippen molar-refractivity contribution in [3.05, 3.63) is 36.7 Å². The van der Waals surface area contributed by atoms with Gasteiger partial charge >= 0.3 is 0 Å². The highest BCUT2D eigenvalue weighted by Gasteiger charge is 2.20. The molecule has 23 heavy (non-hydrogen) atoms. The Bertz CT molecular complexity index is 657. The second-order valence-corrected chi connectivity index (χ2v) is 6.73. The quantitative estimate of drug-likeness (QED) is 0.638. The van der Waals surface area contributed by atoms with Crippen LogP contribution in [0.15, 0.2) is 41.8 Å². The van der Waals surface area contributed by atoms with Crippen molar-refractivity contribution < 1.29 is 4.79 Å². The zero-order valence-corrected chi connectivity index (χ0v) is 14.0. The zero-order chi connectivity index (χ0) is 16.1. The fourth-order valence-electron chi connectivity index (χ4n) is 2.54. The van der Waals surface area contributed by atoms with Crippen LogP contribution in [0.25, 0.3) is 11.4 Å². The molecule has 0 saturated carbocycles. The standard InChI is InChI=1S/C17H20N4OS/c1-13-6-10-21(11-7-13)16(22)12-23-17-19-9-5-15(20-17)14-4-2-3-8-18-14/h2-5,8-9,13H,6-7,10-12H2,1H3. The van der Waals surface area contributed by atoms with Gasteiger partial charge in [0.15, 0.2) is 5.16 Å². The number of hydrogen-bond donors (Lipinski definition) is 0. The molecule has 1 aliphatic heterocycles. The number of thioether (sulfide) groups is 1. The van der Waals surface area contributed by atoms with Gasteiger partial charge in [-0.2, -0.15) is 0 Å². The molecule has 1 fully saturated rings. The number of likely N-dealkylation sites (tertiary alicyclic amines) is 1. The molecule has 120 valence electrons. The maximum atomic E-state index is 12.3. The van der Waals surface area contributed by atoms with E-state index < -0.39 is 0 Å². The van der Waals surface area contributed by atoms with Gasteiger partial charge in [-0.05, 0) is 37.0 Å². The maximum Gasteiger partial charge on any atom is 0.233 e. The largest absolute Gasteiger partial charge is 0.342 e. The Labute approximate surface area is 140 Å². The van der Waals surface area contributed by atoms with E-state index in [4.69, 9.17) is 0 Å². The number of piperidine rings is 1. The lowest BCUT2D eigenvalue weighted by Crippen LogP contribution is -2.38. The Morgan fingerprint density at radius 3 is 2.74 bits per heavy atom. The van der Waals surface area contributed by atoms with Crippen LogP contribution in [0.1, 0.15) is 19.8 Å². The molecule has 5 nitrogen and oxygen atoms in total. The van der Waals surface area contributed by atoms with Gasteiger partial charge in [-0.25, -0.2) is 9.97 Å². The third-order valence-corrected chi connectivity index (χ3v) is 4.87. The van der Waals surface area contributed by atoms with E-state index in [0.29, 0.717) is 10.9 Å². The van der Waals surface area contributed by atoms with Crippen molar-refractivity contribution in [2.75, 3.05) is 18.8 Å². The lowest BCUT2D eigenvalue weighted by molar-refractivity contribution is -0.129. The lowest BCUT2D eigenvalue weighted by atomic mass is 9.99. The van der Waals surface area contributed by atoms with Crippen LogP contribution in [0.4, 0.5) is 0 Å².